The van der Waals surface area contributed by atoms with Gasteiger partial charge >= 0.3 is 0 Å². The molecular formula is C15H23N. The van der Waals surface area contributed by atoms with E-state index in [1.54, 1.807) is 0 Å². The van der Waals surface area contributed by atoms with Gasteiger partial charge in [-0.25, -0.2) is 0 Å². The molecule has 0 radical (unpaired) electrons. The van der Waals surface area contributed by atoms with Gasteiger partial charge in [0.05, 0.1) is 0 Å². The number of hydrogen-bond donors (Lipinski definition) is 1. The minimum Gasteiger partial charge on any atom is -0.310 e. The highest BCUT2D eigenvalue weighted by Gasteiger charge is 2.32. The average molecular weight is 217 g/mol. The lowest BCUT2D eigenvalue weighted by Gasteiger charge is -2.14. The minimum atomic E-state index is 0.485. The second-order valence-electron chi connectivity index (χ2n) is 5.20. The van der Waals surface area contributed by atoms with Crippen LogP contribution in [0.25, 0.3) is 0 Å². The van der Waals surface area contributed by atoms with Crippen molar-refractivity contribution in [3.63, 3.8) is 0 Å². The largest absolute Gasteiger partial charge is 0.310 e. The lowest BCUT2D eigenvalue weighted by molar-refractivity contribution is 0.535. The highest BCUT2D eigenvalue weighted by Crippen LogP contribution is 2.37. The molecule has 1 aliphatic carbocycles. The first kappa shape index (κ1) is 11.7. The molecule has 1 fully saturated rings. The van der Waals surface area contributed by atoms with Crippen LogP contribution in [0.5, 0.6) is 0 Å². The molecule has 1 nitrogen and oxygen atoms in total. The molecular weight excluding hydrogens is 194 g/mol. The Morgan fingerprint density at radius 3 is 2.44 bits per heavy atom. The van der Waals surface area contributed by atoms with Crippen LogP contribution in [0, 0.1) is 11.8 Å². The second-order valence-corrected chi connectivity index (χ2v) is 5.20. The molecule has 1 aromatic carbocycles. The zero-order valence-corrected chi connectivity index (χ0v) is 10.7. The van der Waals surface area contributed by atoms with Crippen LogP contribution in [0.1, 0.15) is 44.4 Å². The normalized spacial score (nSPS) is 25.4. The molecule has 1 aromatic rings. The molecule has 1 saturated carbocycles. The Balaban J connectivity index is 1.84. The van der Waals surface area contributed by atoms with E-state index in [4.69, 9.17) is 0 Å². The molecule has 0 heterocycles. The van der Waals surface area contributed by atoms with E-state index in [0.29, 0.717) is 6.04 Å². The number of rotatable bonds is 5. The third-order valence-corrected chi connectivity index (χ3v) is 3.85. The summed E-state index contributed by atoms with van der Waals surface area (Å²) in [5.41, 5.74) is 2.83. The van der Waals surface area contributed by atoms with Crippen LogP contribution < -0.4 is 5.32 Å². The summed E-state index contributed by atoms with van der Waals surface area (Å²) in [6.07, 6.45) is 2.54. The third kappa shape index (κ3) is 2.85. The first-order valence-corrected chi connectivity index (χ1v) is 6.53. The fourth-order valence-electron chi connectivity index (χ4n) is 2.17. The summed E-state index contributed by atoms with van der Waals surface area (Å²) in [4.78, 5) is 0. The van der Waals surface area contributed by atoms with E-state index in [2.05, 4.69) is 50.4 Å². The van der Waals surface area contributed by atoms with Crippen molar-refractivity contribution in [1.82, 2.24) is 5.32 Å². The van der Waals surface area contributed by atoms with E-state index in [1.165, 1.54) is 24.1 Å². The number of hydrogen-bond acceptors (Lipinski definition) is 1. The van der Waals surface area contributed by atoms with Gasteiger partial charge < -0.3 is 5.32 Å². The van der Waals surface area contributed by atoms with Gasteiger partial charge in [0.15, 0.2) is 0 Å². The molecule has 3 unspecified atom stereocenters. The van der Waals surface area contributed by atoms with Gasteiger partial charge in [0, 0.05) is 6.04 Å². The van der Waals surface area contributed by atoms with Gasteiger partial charge in [-0.1, -0.05) is 38.1 Å². The van der Waals surface area contributed by atoms with Gasteiger partial charge in [0.2, 0.25) is 0 Å². The maximum atomic E-state index is 3.63. The van der Waals surface area contributed by atoms with Crippen molar-refractivity contribution >= 4 is 0 Å². The zero-order valence-electron chi connectivity index (χ0n) is 10.7. The van der Waals surface area contributed by atoms with Crippen molar-refractivity contribution in [3.8, 4) is 0 Å². The van der Waals surface area contributed by atoms with E-state index < -0.39 is 0 Å². The Kier molecular flexibility index (Phi) is 3.65. The lowest BCUT2D eigenvalue weighted by Crippen LogP contribution is -2.21. The monoisotopic (exact) mass is 217 g/mol. The fourth-order valence-corrected chi connectivity index (χ4v) is 2.17. The second kappa shape index (κ2) is 5.01. The van der Waals surface area contributed by atoms with Gasteiger partial charge in [-0.15, -0.1) is 0 Å². The summed E-state index contributed by atoms with van der Waals surface area (Å²) in [6.45, 7) is 7.98. The molecule has 3 atom stereocenters. The summed E-state index contributed by atoms with van der Waals surface area (Å²) < 4.78 is 0. The number of nitrogens with one attached hydrogen (secondary N) is 1. The number of aryl methyl sites for hydroxylation is 1. The predicted molar refractivity (Wildman–Crippen MR) is 69.5 cm³/mol. The molecule has 0 bridgehead atoms. The van der Waals surface area contributed by atoms with Crippen LogP contribution in [0.3, 0.4) is 0 Å². The van der Waals surface area contributed by atoms with Crippen molar-refractivity contribution in [1.29, 1.82) is 0 Å². The summed E-state index contributed by atoms with van der Waals surface area (Å²) >= 11 is 0. The summed E-state index contributed by atoms with van der Waals surface area (Å²) in [5, 5.41) is 3.63. The van der Waals surface area contributed by atoms with Crippen LogP contribution in [-0.2, 0) is 6.42 Å². The third-order valence-electron chi connectivity index (χ3n) is 3.85. The molecule has 0 spiro atoms. The van der Waals surface area contributed by atoms with E-state index in [0.717, 1.165) is 18.3 Å². The van der Waals surface area contributed by atoms with Crippen molar-refractivity contribution in [2.24, 2.45) is 11.8 Å². The van der Waals surface area contributed by atoms with Gasteiger partial charge in [-0.05, 0) is 49.3 Å². The van der Waals surface area contributed by atoms with Crippen molar-refractivity contribution in [2.45, 2.75) is 39.7 Å². The van der Waals surface area contributed by atoms with E-state index in [1.807, 2.05) is 0 Å². The maximum absolute atomic E-state index is 3.63. The van der Waals surface area contributed by atoms with Crippen LogP contribution in [-0.4, -0.2) is 6.54 Å². The first-order chi connectivity index (χ1) is 7.70. The summed E-state index contributed by atoms with van der Waals surface area (Å²) in [6, 6.07) is 9.49. The lowest BCUT2D eigenvalue weighted by atomic mass is 10.0. The first-order valence-electron chi connectivity index (χ1n) is 6.53. The number of benzene rings is 1. The van der Waals surface area contributed by atoms with Crippen LogP contribution >= 0.6 is 0 Å². The van der Waals surface area contributed by atoms with Crippen molar-refractivity contribution in [2.75, 3.05) is 6.54 Å². The molecule has 88 valence electrons. The molecule has 0 aromatic heterocycles. The summed E-state index contributed by atoms with van der Waals surface area (Å²) in [5.74, 6) is 1.87. The summed E-state index contributed by atoms with van der Waals surface area (Å²) in [7, 11) is 0. The highest BCUT2D eigenvalue weighted by molar-refractivity contribution is 5.24. The topological polar surface area (TPSA) is 12.0 Å². The van der Waals surface area contributed by atoms with Gasteiger partial charge in [-0.3, -0.25) is 0 Å². The minimum absolute atomic E-state index is 0.485. The molecule has 1 heteroatoms. The van der Waals surface area contributed by atoms with E-state index >= 15 is 0 Å². The Bertz CT molecular complexity index is 328. The molecule has 0 aliphatic heterocycles. The maximum Gasteiger partial charge on any atom is 0.0291 e. The van der Waals surface area contributed by atoms with Gasteiger partial charge in [0.1, 0.15) is 0 Å². The van der Waals surface area contributed by atoms with Crippen molar-refractivity contribution in [3.05, 3.63) is 35.4 Å². The molecule has 1 N–H and O–H groups in total. The molecule has 16 heavy (non-hydrogen) atoms. The quantitative estimate of drug-likeness (QED) is 0.795. The zero-order chi connectivity index (χ0) is 11.5. The smallest absolute Gasteiger partial charge is 0.0291 e. The van der Waals surface area contributed by atoms with Crippen LogP contribution in [0.2, 0.25) is 0 Å². The van der Waals surface area contributed by atoms with Crippen molar-refractivity contribution < 1.29 is 0 Å². The Labute approximate surface area is 99.3 Å². The van der Waals surface area contributed by atoms with E-state index in [-0.39, 0.29) is 0 Å². The van der Waals surface area contributed by atoms with E-state index in [9.17, 15) is 0 Å². The fraction of sp³-hybridized carbons (Fsp3) is 0.600. The molecule has 2 rings (SSSR count). The SMILES string of the molecule is CCc1ccc(C(C)NCC2CC2C)cc1. The van der Waals surface area contributed by atoms with Gasteiger partial charge in [0.25, 0.3) is 0 Å². The predicted octanol–water partition coefficient (Wildman–Crippen LogP) is 3.56. The standard InChI is InChI=1S/C15H23N/c1-4-13-5-7-14(8-6-13)12(3)16-10-15-9-11(15)2/h5-8,11-12,15-16H,4,9-10H2,1-3H3. The Morgan fingerprint density at radius 2 is 1.94 bits per heavy atom. The Hall–Kier alpha value is -0.820. The van der Waals surface area contributed by atoms with Gasteiger partial charge in [-0.2, -0.15) is 0 Å². The van der Waals surface area contributed by atoms with Crippen LogP contribution in [0.15, 0.2) is 24.3 Å². The molecule has 1 aliphatic rings. The Morgan fingerprint density at radius 1 is 1.31 bits per heavy atom. The molecule has 0 saturated heterocycles. The average Bonchev–Trinajstić information content (AvgIpc) is 3.02. The highest BCUT2D eigenvalue weighted by atomic mass is 14.9. The molecule has 0 amide bonds. The van der Waals surface area contributed by atoms with Crippen LogP contribution in [0.4, 0.5) is 0 Å².